The van der Waals surface area contributed by atoms with E-state index in [0.717, 1.165) is 16.1 Å². The van der Waals surface area contributed by atoms with Crippen molar-refractivity contribution in [3.8, 4) is 5.88 Å². The van der Waals surface area contributed by atoms with Crippen molar-refractivity contribution >= 4 is 20.4 Å². The average molecular weight is 308 g/mol. The molecule has 0 amide bonds. The van der Waals surface area contributed by atoms with Gasteiger partial charge >= 0.3 is 0 Å². The smallest absolute Gasteiger partial charge is 0.217 e. The second kappa shape index (κ2) is 4.37. The zero-order valence-corrected chi connectivity index (χ0v) is 12.5. The van der Waals surface area contributed by atoms with Gasteiger partial charge in [0.15, 0.2) is 0 Å². The van der Waals surface area contributed by atoms with Gasteiger partial charge in [-0.25, -0.2) is 4.98 Å². The molecule has 0 aliphatic heterocycles. The van der Waals surface area contributed by atoms with E-state index in [4.69, 9.17) is 4.74 Å². The number of rotatable bonds is 4. The third kappa shape index (κ3) is 2.46. The van der Waals surface area contributed by atoms with Crippen molar-refractivity contribution in [2.24, 2.45) is 5.41 Å². The highest BCUT2D eigenvalue weighted by Gasteiger charge is 2.35. The van der Waals surface area contributed by atoms with Crippen molar-refractivity contribution in [1.82, 2.24) is 4.98 Å². The number of nitrogens with zero attached hydrogens (tertiary/aromatic N) is 1. The number of aromatic nitrogens is 1. The Hall–Kier alpha value is -0.830. The molecule has 0 bridgehead atoms. The van der Waals surface area contributed by atoms with E-state index in [-0.39, 0.29) is 0 Å². The number of allylic oxidation sites excluding steroid dienone is 1. The fraction of sp³-hybridized carbons (Fsp3) is 0.533. The number of pyridine rings is 1. The maximum Gasteiger partial charge on any atom is 0.217 e. The van der Waals surface area contributed by atoms with Gasteiger partial charge in [0.05, 0.1) is 12.8 Å². The highest BCUT2D eigenvalue weighted by Crippen LogP contribution is 2.49. The molecule has 3 heteroatoms. The van der Waals surface area contributed by atoms with E-state index < -0.39 is 0 Å². The second-order valence-corrected chi connectivity index (χ2v) is 6.57. The van der Waals surface area contributed by atoms with Crippen molar-refractivity contribution in [1.29, 1.82) is 0 Å². The van der Waals surface area contributed by atoms with Gasteiger partial charge in [-0.1, -0.05) is 19.1 Å². The highest BCUT2D eigenvalue weighted by molar-refractivity contribution is 9.15. The third-order valence-electron chi connectivity index (χ3n) is 3.86. The van der Waals surface area contributed by atoms with Crippen LogP contribution in [-0.2, 0) is 0 Å². The molecule has 2 nitrogen and oxygen atoms in total. The normalized spacial score (nSPS) is 21.8. The van der Waals surface area contributed by atoms with Gasteiger partial charge in [-0.3, -0.25) is 0 Å². The minimum absolute atomic E-state index is 0.378. The average Bonchev–Trinajstić information content (AvgIpc) is 3.25. The Labute approximate surface area is 117 Å². The molecule has 0 N–H and O–H groups in total. The second-order valence-electron chi connectivity index (χ2n) is 5.72. The predicted octanol–water partition coefficient (Wildman–Crippen LogP) is 4.50. The van der Waals surface area contributed by atoms with Crippen LogP contribution in [0.2, 0.25) is 0 Å². The van der Waals surface area contributed by atoms with Gasteiger partial charge in [0.25, 0.3) is 0 Å². The third-order valence-corrected chi connectivity index (χ3v) is 4.49. The van der Waals surface area contributed by atoms with E-state index in [1.165, 1.54) is 31.2 Å². The van der Waals surface area contributed by atoms with E-state index in [1.807, 2.05) is 0 Å². The number of hydrogen-bond acceptors (Lipinski definition) is 2. The Kier molecular flexibility index (Phi) is 2.97. The Balaban J connectivity index is 1.90. The van der Waals surface area contributed by atoms with Crippen LogP contribution in [0.25, 0.3) is 4.48 Å². The van der Waals surface area contributed by atoms with Crippen molar-refractivity contribution < 1.29 is 4.74 Å². The first kappa shape index (κ1) is 12.2. The van der Waals surface area contributed by atoms with Crippen LogP contribution < -0.4 is 4.74 Å². The van der Waals surface area contributed by atoms with Crippen molar-refractivity contribution in [3.05, 3.63) is 29.5 Å². The summed E-state index contributed by atoms with van der Waals surface area (Å²) in [6.07, 6.45) is 7.38. The zero-order chi connectivity index (χ0) is 12.8. The van der Waals surface area contributed by atoms with E-state index >= 15 is 0 Å². The minimum atomic E-state index is 0.378. The summed E-state index contributed by atoms with van der Waals surface area (Å²) >= 11 is 3.65. The molecule has 1 heterocycles. The number of hydrogen-bond donors (Lipinski definition) is 0. The summed E-state index contributed by atoms with van der Waals surface area (Å²) in [5.74, 6) is 1.46. The van der Waals surface area contributed by atoms with E-state index in [1.54, 1.807) is 7.11 Å². The first-order valence-electron chi connectivity index (χ1n) is 6.55. The molecule has 96 valence electrons. The SMILES string of the molecule is COc1nc(/C(Br)=C/C2(C)CC2)ccc1C1CC1. The van der Waals surface area contributed by atoms with Gasteiger partial charge < -0.3 is 4.74 Å². The molecular weight excluding hydrogens is 290 g/mol. The first-order valence-corrected chi connectivity index (χ1v) is 7.34. The Morgan fingerprint density at radius 1 is 1.44 bits per heavy atom. The molecule has 2 aliphatic carbocycles. The van der Waals surface area contributed by atoms with Crippen LogP contribution >= 0.6 is 15.9 Å². The monoisotopic (exact) mass is 307 g/mol. The molecule has 2 saturated carbocycles. The lowest BCUT2D eigenvalue weighted by Gasteiger charge is -2.09. The van der Waals surface area contributed by atoms with Crippen molar-refractivity contribution in [2.45, 2.75) is 38.5 Å². The van der Waals surface area contributed by atoms with Crippen LogP contribution in [0.1, 0.15) is 49.8 Å². The zero-order valence-electron chi connectivity index (χ0n) is 10.9. The summed E-state index contributed by atoms with van der Waals surface area (Å²) < 4.78 is 6.51. The van der Waals surface area contributed by atoms with Gasteiger partial charge in [0, 0.05) is 10.0 Å². The lowest BCUT2D eigenvalue weighted by atomic mass is 10.1. The molecular formula is C15H18BrNO. The van der Waals surface area contributed by atoms with Crippen LogP contribution in [-0.4, -0.2) is 12.1 Å². The van der Waals surface area contributed by atoms with E-state index in [2.05, 4.69) is 46.0 Å². The molecule has 3 rings (SSSR count). The molecule has 0 radical (unpaired) electrons. The standard InChI is InChI=1S/C15H18BrNO/c1-15(7-8-15)9-12(16)13-6-5-11(10-3-4-10)14(17-13)18-2/h5-6,9-10H,3-4,7-8H2,1-2H3/b12-9-. The summed E-state index contributed by atoms with van der Waals surface area (Å²) in [6.45, 7) is 2.28. The summed E-state index contributed by atoms with van der Waals surface area (Å²) in [7, 11) is 1.71. The van der Waals surface area contributed by atoms with Crippen LogP contribution in [0.15, 0.2) is 18.2 Å². The topological polar surface area (TPSA) is 22.1 Å². The molecule has 0 saturated heterocycles. The summed E-state index contributed by atoms with van der Waals surface area (Å²) in [4.78, 5) is 4.63. The molecule has 0 spiro atoms. The number of methoxy groups -OCH3 is 1. The molecule has 0 unspecified atom stereocenters. The molecule has 0 atom stereocenters. The van der Waals surface area contributed by atoms with Gasteiger partial charge in [-0.15, -0.1) is 0 Å². The lowest BCUT2D eigenvalue weighted by Crippen LogP contribution is -1.97. The first-order chi connectivity index (χ1) is 8.61. The lowest BCUT2D eigenvalue weighted by molar-refractivity contribution is 0.392. The fourth-order valence-electron chi connectivity index (χ4n) is 2.17. The Morgan fingerprint density at radius 2 is 2.17 bits per heavy atom. The predicted molar refractivity (Wildman–Crippen MR) is 77.0 cm³/mol. The number of ether oxygens (including phenoxy) is 1. The van der Waals surface area contributed by atoms with Gasteiger partial charge in [0.1, 0.15) is 0 Å². The molecule has 0 aromatic carbocycles. The van der Waals surface area contributed by atoms with E-state index in [9.17, 15) is 0 Å². The Morgan fingerprint density at radius 3 is 2.72 bits per heavy atom. The van der Waals surface area contributed by atoms with Gasteiger partial charge in [-0.2, -0.15) is 0 Å². The molecule has 1 aromatic rings. The van der Waals surface area contributed by atoms with E-state index in [0.29, 0.717) is 11.3 Å². The van der Waals surface area contributed by atoms with Crippen LogP contribution in [0, 0.1) is 5.41 Å². The van der Waals surface area contributed by atoms with Crippen LogP contribution in [0.4, 0.5) is 0 Å². The number of halogens is 1. The van der Waals surface area contributed by atoms with Crippen molar-refractivity contribution in [2.75, 3.05) is 7.11 Å². The van der Waals surface area contributed by atoms with Crippen molar-refractivity contribution in [3.63, 3.8) is 0 Å². The quantitative estimate of drug-likeness (QED) is 0.817. The van der Waals surface area contributed by atoms with Crippen LogP contribution in [0.5, 0.6) is 5.88 Å². The summed E-state index contributed by atoms with van der Waals surface area (Å²) in [5.41, 5.74) is 2.62. The maximum atomic E-state index is 5.42. The molecule has 2 fully saturated rings. The summed E-state index contributed by atoms with van der Waals surface area (Å²) in [6, 6.07) is 4.27. The minimum Gasteiger partial charge on any atom is -0.481 e. The van der Waals surface area contributed by atoms with Gasteiger partial charge in [0.2, 0.25) is 5.88 Å². The largest absolute Gasteiger partial charge is 0.481 e. The highest BCUT2D eigenvalue weighted by atomic mass is 79.9. The maximum absolute atomic E-state index is 5.42. The molecule has 18 heavy (non-hydrogen) atoms. The summed E-state index contributed by atoms with van der Waals surface area (Å²) in [5, 5.41) is 0. The Bertz CT molecular complexity index is 501. The molecule has 2 aliphatic rings. The molecule has 1 aromatic heterocycles. The fourth-order valence-corrected chi connectivity index (χ4v) is 2.95. The van der Waals surface area contributed by atoms with Gasteiger partial charge in [-0.05, 0) is 59.0 Å². The van der Waals surface area contributed by atoms with Crippen LogP contribution in [0.3, 0.4) is 0 Å².